The number of hydrogen-bond acceptors (Lipinski definition) is 4. The van der Waals surface area contributed by atoms with Crippen molar-refractivity contribution >= 4 is 0 Å². The minimum absolute atomic E-state index is 0.0720. The molecule has 0 fully saturated rings. The van der Waals surface area contributed by atoms with Crippen molar-refractivity contribution in [3.8, 4) is 0 Å². The van der Waals surface area contributed by atoms with Crippen LogP contribution < -0.4 is 5.32 Å². The zero-order valence-electron chi connectivity index (χ0n) is 12.6. The number of aliphatic hydroxyl groups excluding tert-OH is 1. The number of ether oxygens (including phenoxy) is 1. The van der Waals surface area contributed by atoms with Crippen molar-refractivity contribution in [2.75, 3.05) is 47.0 Å². The number of halogens is 2. The molecule has 120 valence electrons. The van der Waals surface area contributed by atoms with Gasteiger partial charge in [-0.1, -0.05) is 0 Å². The molecular weight excluding hydrogens is 278 g/mol. The Balaban J connectivity index is 2.63. The maximum absolute atomic E-state index is 13.3. The first-order chi connectivity index (χ1) is 10.1. The Labute approximate surface area is 124 Å². The second-order valence-electron chi connectivity index (χ2n) is 4.89. The number of nitrogens with zero attached hydrogens (tertiary/aromatic N) is 1. The summed E-state index contributed by atoms with van der Waals surface area (Å²) in [6, 6.07) is 3.41. The average molecular weight is 302 g/mol. The summed E-state index contributed by atoms with van der Waals surface area (Å²) in [6.07, 6.45) is 0.684. The lowest BCUT2D eigenvalue weighted by Crippen LogP contribution is -2.33. The number of methoxy groups -OCH3 is 1. The summed E-state index contributed by atoms with van der Waals surface area (Å²) < 4.78 is 31.6. The van der Waals surface area contributed by atoms with Gasteiger partial charge in [0.2, 0.25) is 0 Å². The molecule has 0 saturated carbocycles. The van der Waals surface area contributed by atoms with Crippen molar-refractivity contribution in [1.29, 1.82) is 0 Å². The first kappa shape index (κ1) is 18.0. The van der Waals surface area contributed by atoms with Crippen molar-refractivity contribution < 1.29 is 18.6 Å². The van der Waals surface area contributed by atoms with Crippen LogP contribution in [0.1, 0.15) is 18.0 Å². The van der Waals surface area contributed by atoms with Gasteiger partial charge >= 0.3 is 0 Å². The molecule has 0 aliphatic carbocycles. The summed E-state index contributed by atoms with van der Waals surface area (Å²) in [7, 11) is 3.39. The molecule has 0 aromatic heterocycles. The first-order valence-corrected chi connectivity index (χ1v) is 7.06. The molecule has 0 bridgehead atoms. The van der Waals surface area contributed by atoms with E-state index in [-0.39, 0.29) is 12.6 Å². The summed E-state index contributed by atoms with van der Waals surface area (Å²) in [6.45, 7) is 2.62. The molecule has 0 spiro atoms. The maximum atomic E-state index is 13.3. The van der Waals surface area contributed by atoms with Crippen LogP contribution in [-0.4, -0.2) is 57.0 Å². The first-order valence-electron chi connectivity index (χ1n) is 7.06. The van der Waals surface area contributed by atoms with Crippen molar-refractivity contribution in [3.63, 3.8) is 0 Å². The molecule has 4 nitrogen and oxygen atoms in total. The topological polar surface area (TPSA) is 44.7 Å². The minimum Gasteiger partial charge on any atom is -0.395 e. The molecule has 0 aliphatic rings. The molecule has 1 rings (SSSR count). The molecule has 0 amide bonds. The van der Waals surface area contributed by atoms with Gasteiger partial charge in [0.05, 0.1) is 13.2 Å². The molecule has 6 heteroatoms. The number of aliphatic hydroxyl groups is 1. The Bertz CT molecular complexity index is 398. The van der Waals surface area contributed by atoms with E-state index in [0.29, 0.717) is 38.2 Å². The molecule has 21 heavy (non-hydrogen) atoms. The molecule has 1 unspecified atom stereocenters. The second-order valence-corrected chi connectivity index (χ2v) is 4.89. The van der Waals surface area contributed by atoms with Crippen molar-refractivity contribution in [2.24, 2.45) is 0 Å². The molecule has 0 aliphatic heterocycles. The van der Waals surface area contributed by atoms with Crippen LogP contribution in [0.2, 0.25) is 0 Å². The van der Waals surface area contributed by atoms with Crippen molar-refractivity contribution in [3.05, 3.63) is 35.4 Å². The normalized spacial score (nSPS) is 12.9. The molecule has 1 aromatic carbocycles. The molecule has 0 saturated heterocycles. The van der Waals surface area contributed by atoms with Crippen LogP contribution in [0.25, 0.3) is 0 Å². The number of rotatable bonds is 10. The summed E-state index contributed by atoms with van der Waals surface area (Å²) in [5.41, 5.74) is 0.589. The highest BCUT2D eigenvalue weighted by molar-refractivity contribution is 5.21. The van der Waals surface area contributed by atoms with E-state index in [1.807, 2.05) is 0 Å². The maximum Gasteiger partial charge on any atom is 0.126 e. The van der Waals surface area contributed by atoms with Gasteiger partial charge < -0.3 is 15.2 Å². The van der Waals surface area contributed by atoms with Crippen LogP contribution in [0.5, 0.6) is 0 Å². The summed E-state index contributed by atoms with van der Waals surface area (Å²) in [5, 5.41) is 12.1. The van der Waals surface area contributed by atoms with Gasteiger partial charge in [0.15, 0.2) is 0 Å². The second kappa shape index (κ2) is 9.78. The molecule has 0 heterocycles. The summed E-state index contributed by atoms with van der Waals surface area (Å²) in [5.74, 6) is -1.14. The Hall–Kier alpha value is -1.08. The van der Waals surface area contributed by atoms with Crippen LogP contribution in [0.15, 0.2) is 18.2 Å². The standard InChI is InChI=1S/C15H24F2N2O2/c1-18-15(12-9-13(16)11-14(17)10-12)3-4-19(5-7-20)6-8-21-2/h9-11,15,18,20H,3-8H2,1-2H3. The average Bonchev–Trinajstić information content (AvgIpc) is 2.44. The zero-order chi connectivity index (χ0) is 15.7. The minimum atomic E-state index is -0.572. The van der Waals surface area contributed by atoms with Gasteiger partial charge in [-0.05, 0) is 31.2 Å². The zero-order valence-corrected chi connectivity index (χ0v) is 12.6. The van der Waals surface area contributed by atoms with Gasteiger partial charge in [0.1, 0.15) is 11.6 Å². The van der Waals surface area contributed by atoms with E-state index in [0.717, 1.165) is 6.07 Å². The number of benzene rings is 1. The fourth-order valence-corrected chi connectivity index (χ4v) is 2.26. The number of nitrogens with one attached hydrogen (secondary N) is 1. The van der Waals surface area contributed by atoms with E-state index in [1.165, 1.54) is 12.1 Å². The highest BCUT2D eigenvalue weighted by Crippen LogP contribution is 2.19. The van der Waals surface area contributed by atoms with Crippen molar-refractivity contribution in [2.45, 2.75) is 12.5 Å². The predicted octanol–water partition coefficient (Wildman–Crippen LogP) is 1.56. The smallest absolute Gasteiger partial charge is 0.126 e. The lowest BCUT2D eigenvalue weighted by atomic mass is 10.0. The summed E-state index contributed by atoms with van der Waals surface area (Å²) in [4.78, 5) is 2.06. The van der Waals surface area contributed by atoms with E-state index in [1.54, 1.807) is 14.2 Å². The van der Waals surface area contributed by atoms with E-state index < -0.39 is 11.6 Å². The van der Waals surface area contributed by atoms with Crippen LogP contribution in [0.3, 0.4) is 0 Å². The Morgan fingerprint density at radius 3 is 2.38 bits per heavy atom. The van der Waals surface area contributed by atoms with E-state index in [2.05, 4.69) is 10.2 Å². The fourth-order valence-electron chi connectivity index (χ4n) is 2.26. The summed E-state index contributed by atoms with van der Waals surface area (Å²) >= 11 is 0. The Morgan fingerprint density at radius 1 is 1.19 bits per heavy atom. The monoisotopic (exact) mass is 302 g/mol. The molecule has 1 aromatic rings. The van der Waals surface area contributed by atoms with Gasteiger partial charge in [-0.3, -0.25) is 4.90 Å². The number of hydrogen-bond donors (Lipinski definition) is 2. The third-order valence-electron chi connectivity index (χ3n) is 3.40. The quantitative estimate of drug-likeness (QED) is 0.688. The van der Waals surface area contributed by atoms with Crippen LogP contribution in [0.4, 0.5) is 8.78 Å². The van der Waals surface area contributed by atoms with Gasteiger partial charge in [0.25, 0.3) is 0 Å². The Morgan fingerprint density at radius 2 is 1.86 bits per heavy atom. The van der Waals surface area contributed by atoms with Crippen molar-refractivity contribution in [1.82, 2.24) is 10.2 Å². The van der Waals surface area contributed by atoms with E-state index in [4.69, 9.17) is 9.84 Å². The molecular formula is C15H24F2N2O2. The van der Waals surface area contributed by atoms with Crippen LogP contribution >= 0.6 is 0 Å². The molecule has 0 radical (unpaired) electrons. The fraction of sp³-hybridized carbons (Fsp3) is 0.600. The van der Waals surface area contributed by atoms with Gasteiger partial charge in [-0.15, -0.1) is 0 Å². The van der Waals surface area contributed by atoms with Crippen LogP contribution in [0, 0.1) is 11.6 Å². The van der Waals surface area contributed by atoms with Crippen LogP contribution in [-0.2, 0) is 4.74 Å². The third kappa shape index (κ3) is 6.48. The Kier molecular flexibility index (Phi) is 8.37. The van der Waals surface area contributed by atoms with E-state index in [9.17, 15) is 8.78 Å². The lowest BCUT2D eigenvalue weighted by molar-refractivity contribution is 0.128. The van der Waals surface area contributed by atoms with Gasteiger partial charge in [-0.25, -0.2) is 8.78 Å². The lowest BCUT2D eigenvalue weighted by Gasteiger charge is -2.24. The van der Waals surface area contributed by atoms with E-state index >= 15 is 0 Å². The molecule has 1 atom stereocenters. The van der Waals surface area contributed by atoms with Gasteiger partial charge in [-0.2, -0.15) is 0 Å². The highest BCUT2D eigenvalue weighted by Gasteiger charge is 2.14. The predicted molar refractivity (Wildman–Crippen MR) is 78.2 cm³/mol. The highest BCUT2D eigenvalue weighted by atomic mass is 19.1. The third-order valence-corrected chi connectivity index (χ3v) is 3.40. The SMILES string of the molecule is CNC(CCN(CCO)CCOC)c1cc(F)cc(F)c1. The molecule has 2 N–H and O–H groups in total. The van der Waals surface area contributed by atoms with Gasteiger partial charge in [0, 0.05) is 38.9 Å². The largest absolute Gasteiger partial charge is 0.395 e.